The number of carbonyl (C=O) groups excluding carboxylic acids is 2. The van der Waals surface area contributed by atoms with Crippen LogP contribution in [0.1, 0.15) is 38.5 Å². The van der Waals surface area contributed by atoms with Crippen molar-refractivity contribution in [3.63, 3.8) is 0 Å². The van der Waals surface area contributed by atoms with E-state index in [1.807, 2.05) is 7.05 Å². The Kier molecular flexibility index (Phi) is 3.22. The van der Waals surface area contributed by atoms with Crippen LogP contribution in [0, 0.1) is 0 Å². The second-order valence-electron chi connectivity index (χ2n) is 4.45. The van der Waals surface area contributed by atoms with Gasteiger partial charge in [-0.05, 0) is 12.8 Å². The highest BCUT2D eigenvalue weighted by Crippen LogP contribution is 2.22. The largest absolute Gasteiger partial charge is 0.338 e. The number of hydrogen-bond acceptors (Lipinski definition) is 3. The van der Waals surface area contributed by atoms with E-state index < -0.39 is 0 Å². The summed E-state index contributed by atoms with van der Waals surface area (Å²) >= 11 is 0. The van der Waals surface area contributed by atoms with Crippen molar-refractivity contribution in [2.45, 2.75) is 44.6 Å². The van der Waals surface area contributed by atoms with Crippen LogP contribution in [0.25, 0.3) is 0 Å². The summed E-state index contributed by atoms with van der Waals surface area (Å²) in [6, 6.07) is 0.354. The smallest absolute Gasteiger partial charge is 0.270 e. The predicted octanol–water partition coefficient (Wildman–Crippen LogP) is 0.653. The zero-order chi connectivity index (χ0) is 11.5. The number of hydrazone groups is 1. The Morgan fingerprint density at radius 3 is 2.62 bits per heavy atom. The molecule has 1 N–H and O–H groups in total. The van der Waals surface area contributed by atoms with Gasteiger partial charge in [0.25, 0.3) is 5.91 Å². The molecule has 0 atom stereocenters. The number of nitrogens with one attached hydrogen (secondary N) is 1. The zero-order valence-electron chi connectivity index (χ0n) is 9.53. The topological polar surface area (TPSA) is 61.8 Å². The Bertz CT molecular complexity index is 332. The molecule has 0 unspecified atom stereocenters. The molecule has 16 heavy (non-hydrogen) atoms. The average molecular weight is 223 g/mol. The van der Waals surface area contributed by atoms with Gasteiger partial charge in [0.1, 0.15) is 5.71 Å². The van der Waals surface area contributed by atoms with Gasteiger partial charge in [0.2, 0.25) is 5.91 Å². The van der Waals surface area contributed by atoms with Gasteiger partial charge in [0.05, 0.1) is 0 Å². The molecule has 0 aromatic carbocycles. The molecule has 1 saturated carbocycles. The third kappa shape index (κ3) is 2.23. The average Bonchev–Trinajstić information content (AvgIpc) is 2.81. The van der Waals surface area contributed by atoms with Crippen LogP contribution < -0.4 is 5.43 Å². The van der Waals surface area contributed by atoms with Gasteiger partial charge in [-0.25, -0.2) is 5.43 Å². The molecule has 2 rings (SSSR count). The van der Waals surface area contributed by atoms with E-state index in [0.717, 1.165) is 12.8 Å². The monoisotopic (exact) mass is 223 g/mol. The minimum absolute atomic E-state index is 0.0353. The van der Waals surface area contributed by atoms with Crippen LogP contribution >= 0.6 is 0 Å². The molecule has 88 valence electrons. The second-order valence-corrected chi connectivity index (χ2v) is 4.45. The van der Waals surface area contributed by atoms with E-state index in [1.165, 1.54) is 12.8 Å². The standard InChI is InChI=1S/C11H17N3O2/c1-14(8-4-2-3-5-8)11(16)9-6-7-10(15)13-12-9/h8H,2-7H2,1H3,(H,13,15). The fraction of sp³-hybridized carbons (Fsp3) is 0.727. The maximum absolute atomic E-state index is 12.0. The summed E-state index contributed by atoms with van der Waals surface area (Å²) in [7, 11) is 1.83. The van der Waals surface area contributed by atoms with Gasteiger partial charge >= 0.3 is 0 Å². The first-order valence-electron chi connectivity index (χ1n) is 5.81. The number of carbonyl (C=O) groups is 2. The lowest BCUT2D eigenvalue weighted by atomic mass is 10.1. The fourth-order valence-corrected chi connectivity index (χ4v) is 2.29. The summed E-state index contributed by atoms with van der Waals surface area (Å²) in [6.07, 6.45) is 5.39. The highest BCUT2D eigenvalue weighted by Gasteiger charge is 2.27. The summed E-state index contributed by atoms with van der Waals surface area (Å²) in [5.41, 5.74) is 2.84. The first kappa shape index (κ1) is 11.1. The van der Waals surface area contributed by atoms with Crippen LogP contribution in [0.5, 0.6) is 0 Å². The number of nitrogens with zero attached hydrogens (tertiary/aromatic N) is 2. The molecule has 5 nitrogen and oxygen atoms in total. The minimum Gasteiger partial charge on any atom is -0.338 e. The lowest BCUT2D eigenvalue weighted by molar-refractivity contribution is -0.125. The summed E-state index contributed by atoms with van der Waals surface area (Å²) < 4.78 is 0. The summed E-state index contributed by atoms with van der Waals surface area (Å²) in [4.78, 5) is 24.7. The Morgan fingerprint density at radius 2 is 2.06 bits per heavy atom. The van der Waals surface area contributed by atoms with Crippen molar-refractivity contribution in [2.24, 2.45) is 5.10 Å². The molecule has 5 heteroatoms. The number of amides is 2. The molecule has 1 fully saturated rings. The van der Waals surface area contributed by atoms with Crippen LogP contribution in [0.2, 0.25) is 0 Å². The second kappa shape index (κ2) is 4.63. The molecule has 1 heterocycles. The Morgan fingerprint density at radius 1 is 1.38 bits per heavy atom. The number of hydrogen-bond donors (Lipinski definition) is 1. The first-order chi connectivity index (χ1) is 7.68. The SMILES string of the molecule is CN(C(=O)C1=NNC(=O)CC1)C1CCCC1. The lowest BCUT2D eigenvalue weighted by Crippen LogP contribution is -2.42. The molecule has 0 aromatic rings. The molecule has 0 spiro atoms. The van der Waals surface area contributed by atoms with E-state index in [0.29, 0.717) is 24.6 Å². The van der Waals surface area contributed by atoms with Gasteiger partial charge in [-0.3, -0.25) is 9.59 Å². The van der Waals surface area contributed by atoms with Crippen molar-refractivity contribution in [2.75, 3.05) is 7.05 Å². The summed E-state index contributed by atoms with van der Waals surface area (Å²) in [6.45, 7) is 0. The quantitative estimate of drug-likeness (QED) is 0.747. The van der Waals surface area contributed by atoms with Crippen LogP contribution in [0.15, 0.2) is 5.10 Å². The molecule has 0 bridgehead atoms. The van der Waals surface area contributed by atoms with Crippen LogP contribution in [-0.2, 0) is 9.59 Å². The zero-order valence-corrected chi connectivity index (χ0v) is 9.53. The number of rotatable bonds is 2. The van der Waals surface area contributed by atoms with Crippen LogP contribution in [-0.4, -0.2) is 35.5 Å². The van der Waals surface area contributed by atoms with Gasteiger partial charge < -0.3 is 4.90 Å². The highest BCUT2D eigenvalue weighted by molar-refractivity contribution is 6.39. The first-order valence-corrected chi connectivity index (χ1v) is 5.81. The van der Waals surface area contributed by atoms with Gasteiger partial charge in [0, 0.05) is 25.9 Å². The Labute approximate surface area is 94.9 Å². The van der Waals surface area contributed by atoms with Crippen molar-refractivity contribution in [3.05, 3.63) is 0 Å². The van der Waals surface area contributed by atoms with Crippen molar-refractivity contribution in [3.8, 4) is 0 Å². The minimum atomic E-state index is -0.111. The van der Waals surface area contributed by atoms with Gasteiger partial charge in [-0.2, -0.15) is 5.10 Å². The molecule has 1 aliphatic carbocycles. The molecule has 0 aromatic heterocycles. The van der Waals surface area contributed by atoms with E-state index >= 15 is 0 Å². The van der Waals surface area contributed by atoms with E-state index in [9.17, 15) is 9.59 Å². The van der Waals surface area contributed by atoms with Gasteiger partial charge in [0.15, 0.2) is 0 Å². The van der Waals surface area contributed by atoms with Gasteiger partial charge in [-0.1, -0.05) is 12.8 Å². The third-order valence-electron chi connectivity index (χ3n) is 3.34. The summed E-state index contributed by atoms with van der Waals surface area (Å²) in [5, 5.41) is 3.83. The molecule has 2 amide bonds. The molecule has 1 aliphatic heterocycles. The highest BCUT2D eigenvalue weighted by atomic mass is 16.2. The van der Waals surface area contributed by atoms with Crippen molar-refractivity contribution >= 4 is 17.5 Å². The molecule has 0 radical (unpaired) electrons. The molecular weight excluding hydrogens is 206 g/mol. The Balaban J connectivity index is 1.98. The fourth-order valence-electron chi connectivity index (χ4n) is 2.29. The maximum atomic E-state index is 12.0. The van der Waals surface area contributed by atoms with Gasteiger partial charge in [-0.15, -0.1) is 0 Å². The van der Waals surface area contributed by atoms with Crippen molar-refractivity contribution < 1.29 is 9.59 Å². The molecular formula is C11H17N3O2. The van der Waals surface area contributed by atoms with E-state index in [2.05, 4.69) is 10.5 Å². The van der Waals surface area contributed by atoms with Crippen molar-refractivity contribution in [1.82, 2.24) is 10.3 Å². The lowest BCUT2D eigenvalue weighted by Gasteiger charge is -2.25. The van der Waals surface area contributed by atoms with E-state index in [1.54, 1.807) is 4.90 Å². The van der Waals surface area contributed by atoms with Crippen LogP contribution in [0.4, 0.5) is 0 Å². The van der Waals surface area contributed by atoms with Crippen LogP contribution in [0.3, 0.4) is 0 Å². The third-order valence-corrected chi connectivity index (χ3v) is 3.34. The molecule has 0 saturated heterocycles. The maximum Gasteiger partial charge on any atom is 0.270 e. The van der Waals surface area contributed by atoms with E-state index in [-0.39, 0.29) is 11.8 Å². The normalized spacial score (nSPS) is 21.6. The Hall–Kier alpha value is -1.39. The molecule has 2 aliphatic rings. The van der Waals surface area contributed by atoms with E-state index in [4.69, 9.17) is 0 Å². The summed E-state index contributed by atoms with van der Waals surface area (Å²) in [5.74, 6) is -0.146. The van der Waals surface area contributed by atoms with Crippen molar-refractivity contribution in [1.29, 1.82) is 0 Å². The predicted molar refractivity (Wildman–Crippen MR) is 59.8 cm³/mol.